The van der Waals surface area contributed by atoms with Gasteiger partial charge in [-0.25, -0.2) is 9.37 Å². The first-order valence-corrected chi connectivity index (χ1v) is 22.9. The van der Waals surface area contributed by atoms with E-state index in [1.165, 1.54) is 21.7 Å². The molecule has 0 bridgehead atoms. The number of carbonyl (C=O) groups excluding carboxylic acids is 3. The molecule has 0 radical (unpaired) electrons. The van der Waals surface area contributed by atoms with Crippen LogP contribution in [0.4, 0.5) is 4.39 Å². The maximum Gasteiger partial charge on any atom is 0.285 e. The molecule has 1 fully saturated rings. The zero-order chi connectivity index (χ0) is 46.8. The van der Waals surface area contributed by atoms with Crippen LogP contribution in [0.1, 0.15) is 73.4 Å². The molecule has 4 aromatic carbocycles. The number of likely N-dealkylation sites (tertiary alicyclic amines) is 1. The summed E-state index contributed by atoms with van der Waals surface area (Å²) in [5.41, 5.74) is 4.00. The van der Waals surface area contributed by atoms with Crippen molar-refractivity contribution in [1.29, 1.82) is 0 Å². The number of aryl methyl sites for hydroxylation is 1. The predicted octanol–water partition coefficient (Wildman–Crippen LogP) is 6.86. The van der Waals surface area contributed by atoms with Crippen LogP contribution in [-0.2, 0) is 41.1 Å². The molecule has 344 valence electrons. The fourth-order valence-electron chi connectivity index (χ4n) is 8.61. The van der Waals surface area contributed by atoms with Crippen LogP contribution in [0.3, 0.4) is 0 Å². The highest BCUT2D eigenvalue weighted by atomic mass is 19.1. The Morgan fingerprint density at radius 1 is 0.836 bits per heavy atom. The summed E-state index contributed by atoms with van der Waals surface area (Å²) in [6.45, 7) is 1.63. The van der Waals surface area contributed by atoms with E-state index in [4.69, 9.17) is 0 Å². The Morgan fingerprint density at radius 2 is 1.57 bits per heavy atom. The van der Waals surface area contributed by atoms with E-state index in [0.29, 0.717) is 42.7 Å². The van der Waals surface area contributed by atoms with Crippen LogP contribution in [0.25, 0.3) is 45.2 Å². The maximum atomic E-state index is 14.8. The first-order chi connectivity index (χ1) is 32.5. The number of halogens is 1. The van der Waals surface area contributed by atoms with Gasteiger partial charge < -0.3 is 20.6 Å². The molecular formula is C53H56FN8O5+. The number of pyridine rings is 1. The molecule has 8 rings (SSSR count). The Labute approximate surface area is 388 Å². The van der Waals surface area contributed by atoms with E-state index in [0.717, 1.165) is 35.1 Å². The Bertz CT molecular complexity index is 2920. The fourth-order valence-corrected chi connectivity index (χ4v) is 8.61. The molecule has 0 saturated carbocycles. The first-order valence-electron chi connectivity index (χ1n) is 22.9. The van der Waals surface area contributed by atoms with Gasteiger partial charge in [-0.05, 0) is 58.7 Å². The number of fused-ring (bicyclic) bond motifs is 2. The summed E-state index contributed by atoms with van der Waals surface area (Å²) in [5.74, 6) is -0.415. The number of piperidine rings is 1. The average molecular weight is 904 g/mol. The third-order valence-electron chi connectivity index (χ3n) is 12.5. The second-order valence-electron chi connectivity index (χ2n) is 17.4. The van der Waals surface area contributed by atoms with Gasteiger partial charge in [0, 0.05) is 57.3 Å². The molecule has 13 nitrogen and oxygen atoms in total. The van der Waals surface area contributed by atoms with Gasteiger partial charge >= 0.3 is 0 Å². The number of hydrogen-bond acceptors (Lipinski definition) is 7. The van der Waals surface area contributed by atoms with Gasteiger partial charge in [0.25, 0.3) is 11.5 Å². The van der Waals surface area contributed by atoms with Crippen LogP contribution >= 0.6 is 0 Å². The summed E-state index contributed by atoms with van der Waals surface area (Å²) in [5, 5.41) is 24.3. The van der Waals surface area contributed by atoms with Crippen molar-refractivity contribution in [2.24, 2.45) is 7.05 Å². The molecule has 3 amide bonds. The number of nitrogens with one attached hydrogen (secondary N) is 2. The van der Waals surface area contributed by atoms with E-state index in [1.807, 2.05) is 65.5 Å². The summed E-state index contributed by atoms with van der Waals surface area (Å²) in [4.78, 5) is 57.9. The number of unbranched alkanes of at least 4 members (excludes halogenated alkanes) is 2. The molecule has 0 unspecified atom stereocenters. The monoisotopic (exact) mass is 903 g/mol. The molecule has 1 aliphatic heterocycles. The van der Waals surface area contributed by atoms with Gasteiger partial charge in [-0.2, -0.15) is 9.67 Å². The van der Waals surface area contributed by atoms with Crippen molar-refractivity contribution in [3.63, 3.8) is 0 Å². The summed E-state index contributed by atoms with van der Waals surface area (Å²) < 4.78 is 19.6. The standard InChI is InChI=1S/C53H55FN8O5/c1-59-51(49-50(58-59)52(66)62(37-57-49)36-53(67)26-31-61(32-27-53)48(65)33-45(54)42-12-4-2-5-13-42)43-22-19-39(20-23-43)34-56-46(63)17-6-3-9-28-55-47(64)35-60-29-24-38(25-30-60)18-21-41-15-10-14-40-11-7-8-16-44(40)41/h2,4-5,7-8,10-16,18-25,29-30,37,45,67H,3,6,9,17,26-28,31-36H2,1H3,(H-,55,56,63,64)/p+1/b21-18+/t45-/m1/s1. The molecule has 1 aliphatic rings. The van der Waals surface area contributed by atoms with Crippen LogP contribution in [0.15, 0.2) is 133 Å². The normalized spacial score (nSPS) is 14.1. The molecule has 0 spiro atoms. The SMILES string of the molecule is Cn1nc2c(=O)n(CC3(O)CCN(C(=O)C[C@@H](F)c4ccccc4)CC3)cnc2c1-c1ccc(CNC(=O)CCCCCNC(=O)C[n+]2ccc(/C=C/c3cccc4ccccc34)cc2)cc1. The summed E-state index contributed by atoms with van der Waals surface area (Å²) in [6.07, 6.45) is 10.9. The zero-order valence-corrected chi connectivity index (χ0v) is 37.7. The smallest absolute Gasteiger partial charge is 0.285 e. The van der Waals surface area contributed by atoms with Crippen molar-refractivity contribution in [3.8, 4) is 11.3 Å². The van der Waals surface area contributed by atoms with Crippen LogP contribution in [0.2, 0.25) is 0 Å². The molecule has 1 saturated heterocycles. The maximum absolute atomic E-state index is 14.8. The van der Waals surface area contributed by atoms with Crippen LogP contribution < -0.4 is 20.8 Å². The molecule has 3 N–H and O–H groups in total. The lowest BCUT2D eigenvalue weighted by Crippen LogP contribution is -2.49. The Kier molecular flexibility index (Phi) is 14.7. The lowest BCUT2D eigenvalue weighted by atomic mass is 9.91. The highest BCUT2D eigenvalue weighted by molar-refractivity contribution is 5.93. The lowest BCUT2D eigenvalue weighted by molar-refractivity contribution is -0.684. The third-order valence-corrected chi connectivity index (χ3v) is 12.5. The Morgan fingerprint density at radius 3 is 2.34 bits per heavy atom. The number of aromatic nitrogens is 5. The number of amides is 3. The lowest BCUT2D eigenvalue weighted by Gasteiger charge is -2.38. The second kappa shape index (κ2) is 21.3. The topological polar surface area (TPSA) is 155 Å². The molecular weight excluding hydrogens is 848 g/mol. The predicted molar refractivity (Wildman–Crippen MR) is 257 cm³/mol. The van der Waals surface area contributed by atoms with Gasteiger partial charge in [0.2, 0.25) is 18.4 Å². The number of rotatable bonds is 18. The molecule has 14 heteroatoms. The number of alkyl halides is 1. The Hall–Kier alpha value is -7.32. The quantitative estimate of drug-likeness (QED) is 0.0629. The van der Waals surface area contributed by atoms with Gasteiger partial charge in [0.1, 0.15) is 11.7 Å². The largest absolute Gasteiger partial charge is 0.388 e. The van der Waals surface area contributed by atoms with E-state index in [-0.39, 0.29) is 74.2 Å². The highest BCUT2D eigenvalue weighted by Gasteiger charge is 2.35. The van der Waals surface area contributed by atoms with Crippen molar-refractivity contribution in [3.05, 3.63) is 161 Å². The van der Waals surface area contributed by atoms with Crippen LogP contribution in [0, 0.1) is 0 Å². The molecule has 67 heavy (non-hydrogen) atoms. The van der Waals surface area contributed by atoms with Crippen molar-refractivity contribution >= 4 is 51.7 Å². The third kappa shape index (κ3) is 11.7. The summed E-state index contributed by atoms with van der Waals surface area (Å²) >= 11 is 0. The van der Waals surface area contributed by atoms with Gasteiger partial charge in [0.05, 0.1) is 30.6 Å². The van der Waals surface area contributed by atoms with Crippen molar-refractivity contribution in [1.82, 2.24) is 34.9 Å². The highest BCUT2D eigenvalue weighted by Crippen LogP contribution is 2.29. The summed E-state index contributed by atoms with van der Waals surface area (Å²) in [7, 11) is 1.74. The molecule has 3 aromatic heterocycles. The summed E-state index contributed by atoms with van der Waals surface area (Å²) in [6, 6.07) is 34.8. The van der Waals surface area contributed by atoms with E-state index in [9.17, 15) is 28.7 Å². The van der Waals surface area contributed by atoms with Gasteiger partial charge in [0.15, 0.2) is 17.9 Å². The average Bonchev–Trinajstić information content (AvgIpc) is 3.69. The van der Waals surface area contributed by atoms with E-state index in [2.05, 4.69) is 63.2 Å². The van der Waals surface area contributed by atoms with E-state index in [1.54, 1.807) is 47.0 Å². The minimum atomic E-state index is -1.40. The van der Waals surface area contributed by atoms with Gasteiger partial charge in [-0.1, -0.05) is 116 Å². The number of hydrogen-bond donors (Lipinski definition) is 3. The number of benzene rings is 4. The minimum absolute atomic E-state index is 0.0136. The van der Waals surface area contributed by atoms with Crippen molar-refractivity contribution in [2.75, 3.05) is 19.6 Å². The molecule has 0 aliphatic carbocycles. The number of carbonyl (C=O) groups is 3. The van der Waals surface area contributed by atoms with E-state index < -0.39 is 11.8 Å². The zero-order valence-electron chi connectivity index (χ0n) is 37.7. The van der Waals surface area contributed by atoms with Gasteiger partial charge in [-0.3, -0.25) is 28.4 Å². The van der Waals surface area contributed by atoms with Gasteiger partial charge in [-0.15, -0.1) is 0 Å². The molecule has 4 heterocycles. The Balaban J connectivity index is 0.733. The second-order valence-corrected chi connectivity index (χ2v) is 17.4. The molecule has 7 aromatic rings. The first kappa shape index (κ1) is 46.2. The number of aliphatic hydroxyl groups is 1. The van der Waals surface area contributed by atoms with Crippen LogP contribution in [-0.4, -0.2) is 72.3 Å². The van der Waals surface area contributed by atoms with Crippen molar-refractivity contribution in [2.45, 2.75) is 76.4 Å². The molecule has 1 atom stereocenters. The van der Waals surface area contributed by atoms with Crippen molar-refractivity contribution < 1.29 is 28.4 Å². The van der Waals surface area contributed by atoms with E-state index >= 15 is 0 Å². The van der Waals surface area contributed by atoms with Crippen LogP contribution in [0.5, 0.6) is 0 Å². The minimum Gasteiger partial charge on any atom is -0.388 e. The number of nitrogens with zero attached hydrogens (tertiary/aromatic N) is 6. The fraction of sp³-hybridized carbons (Fsp3) is 0.302.